The number of aromatic nitrogens is 2. The Bertz CT molecular complexity index is 711. The summed E-state index contributed by atoms with van der Waals surface area (Å²) in [6, 6.07) is 5.13. The highest BCUT2D eigenvalue weighted by Gasteiger charge is 2.14. The Labute approximate surface area is 156 Å². The van der Waals surface area contributed by atoms with Gasteiger partial charge in [-0.05, 0) is 32.4 Å². The van der Waals surface area contributed by atoms with Crippen molar-refractivity contribution in [2.24, 2.45) is 0 Å². The molecule has 1 aromatic carbocycles. The standard InChI is InChI=1S/C17H21Cl2N3OS/c1-4-5-9-22-12(3)11(2)20-17(22)24-10-15(23)21-16-13(18)7-6-8-14(16)19/h6-8H,4-5,9-10H2,1-3H3,(H,21,23). The molecule has 0 radical (unpaired) electrons. The van der Waals surface area contributed by atoms with Gasteiger partial charge >= 0.3 is 0 Å². The average Bonchev–Trinajstić information content (AvgIpc) is 2.81. The van der Waals surface area contributed by atoms with Gasteiger partial charge in [0.25, 0.3) is 0 Å². The fourth-order valence-electron chi connectivity index (χ4n) is 2.24. The van der Waals surface area contributed by atoms with Crippen LogP contribution >= 0.6 is 35.0 Å². The molecule has 7 heteroatoms. The second-order valence-electron chi connectivity index (χ2n) is 5.50. The zero-order valence-corrected chi connectivity index (χ0v) is 16.4. The van der Waals surface area contributed by atoms with Crippen LogP contribution in [0.25, 0.3) is 0 Å². The van der Waals surface area contributed by atoms with E-state index in [0.717, 1.165) is 35.9 Å². The molecule has 0 unspecified atom stereocenters. The van der Waals surface area contributed by atoms with Gasteiger partial charge < -0.3 is 9.88 Å². The maximum absolute atomic E-state index is 12.2. The minimum Gasteiger partial charge on any atom is -0.323 e. The molecule has 2 rings (SSSR count). The number of rotatable bonds is 7. The number of nitrogens with one attached hydrogen (secondary N) is 1. The molecule has 1 aromatic heterocycles. The summed E-state index contributed by atoms with van der Waals surface area (Å²) in [6.07, 6.45) is 2.21. The Morgan fingerprint density at radius 3 is 2.58 bits per heavy atom. The number of benzene rings is 1. The molecular weight excluding hydrogens is 365 g/mol. The average molecular weight is 386 g/mol. The van der Waals surface area contributed by atoms with Crippen molar-refractivity contribution in [1.82, 2.24) is 9.55 Å². The normalized spacial score (nSPS) is 10.9. The van der Waals surface area contributed by atoms with Gasteiger partial charge in [0.15, 0.2) is 5.16 Å². The van der Waals surface area contributed by atoms with Crippen molar-refractivity contribution in [1.29, 1.82) is 0 Å². The van der Waals surface area contributed by atoms with Gasteiger partial charge in [-0.1, -0.05) is 54.4 Å². The SMILES string of the molecule is CCCCn1c(SCC(=O)Nc2c(Cl)cccc2Cl)nc(C)c1C. The Kier molecular flexibility index (Phi) is 7.02. The first-order valence-corrected chi connectivity index (χ1v) is 9.58. The van der Waals surface area contributed by atoms with Crippen molar-refractivity contribution in [3.8, 4) is 0 Å². The van der Waals surface area contributed by atoms with Crippen molar-refractivity contribution in [2.45, 2.75) is 45.3 Å². The highest BCUT2D eigenvalue weighted by Crippen LogP contribution is 2.30. The van der Waals surface area contributed by atoms with Crippen LogP contribution in [0, 0.1) is 13.8 Å². The van der Waals surface area contributed by atoms with Gasteiger partial charge in [0, 0.05) is 12.2 Å². The summed E-state index contributed by atoms with van der Waals surface area (Å²) in [5.41, 5.74) is 2.61. The van der Waals surface area contributed by atoms with E-state index in [1.54, 1.807) is 18.2 Å². The lowest BCUT2D eigenvalue weighted by Gasteiger charge is -2.10. The molecular formula is C17H21Cl2N3OS. The first kappa shape index (κ1) is 19.2. The minimum atomic E-state index is -0.157. The first-order chi connectivity index (χ1) is 11.4. The molecule has 0 aliphatic carbocycles. The van der Waals surface area contributed by atoms with Gasteiger partial charge in [-0.2, -0.15) is 0 Å². The Morgan fingerprint density at radius 2 is 1.96 bits per heavy atom. The largest absolute Gasteiger partial charge is 0.323 e. The van der Waals surface area contributed by atoms with Gasteiger partial charge in [-0.3, -0.25) is 4.79 Å². The van der Waals surface area contributed by atoms with Crippen molar-refractivity contribution >= 4 is 46.6 Å². The van der Waals surface area contributed by atoms with Crippen LogP contribution in [-0.4, -0.2) is 21.2 Å². The third kappa shape index (κ3) is 4.68. The molecule has 0 spiro atoms. The van der Waals surface area contributed by atoms with E-state index in [1.807, 2.05) is 6.92 Å². The summed E-state index contributed by atoms with van der Waals surface area (Å²) in [4.78, 5) is 16.8. The van der Waals surface area contributed by atoms with E-state index < -0.39 is 0 Å². The topological polar surface area (TPSA) is 46.9 Å². The maximum Gasteiger partial charge on any atom is 0.234 e. The lowest BCUT2D eigenvalue weighted by atomic mass is 10.3. The van der Waals surface area contributed by atoms with Crippen molar-refractivity contribution < 1.29 is 4.79 Å². The summed E-state index contributed by atoms with van der Waals surface area (Å²) in [5.74, 6) is 0.0965. The van der Waals surface area contributed by atoms with E-state index in [-0.39, 0.29) is 11.7 Å². The van der Waals surface area contributed by atoms with Crippen LogP contribution in [0.5, 0.6) is 0 Å². The van der Waals surface area contributed by atoms with E-state index in [0.29, 0.717) is 15.7 Å². The molecule has 0 aliphatic rings. The molecule has 0 fully saturated rings. The molecule has 4 nitrogen and oxygen atoms in total. The third-order valence-corrected chi connectivity index (χ3v) is 5.32. The predicted molar refractivity (Wildman–Crippen MR) is 102 cm³/mol. The fourth-order valence-corrected chi connectivity index (χ4v) is 3.65. The number of aryl methyl sites for hydroxylation is 1. The lowest BCUT2D eigenvalue weighted by Crippen LogP contribution is -2.15. The third-order valence-electron chi connectivity index (χ3n) is 3.72. The molecule has 24 heavy (non-hydrogen) atoms. The number of para-hydroxylation sites is 1. The molecule has 0 bridgehead atoms. The number of anilines is 1. The number of carbonyl (C=O) groups excluding carboxylic acids is 1. The summed E-state index contributed by atoms with van der Waals surface area (Å²) >= 11 is 13.6. The Morgan fingerprint density at radius 1 is 1.29 bits per heavy atom. The Hall–Kier alpha value is -1.17. The van der Waals surface area contributed by atoms with Crippen LogP contribution in [0.15, 0.2) is 23.4 Å². The molecule has 0 aliphatic heterocycles. The molecule has 2 aromatic rings. The van der Waals surface area contributed by atoms with Crippen LogP contribution in [0.4, 0.5) is 5.69 Å². The quantitative estimate of drug-likeness (QED) is 0.654. The number of amides is 1. The van der Waals surface area contributed by atoms with Crippen LogP contribution in [0.1, 0.15) is 31.2 Å². The number of halogens is 2. The summed E-state index contributed by atoms with van der Waals surface area (Å²) in [5, 5.41) is 4.50. The molecule has 1 N–H and O–H groups in total. The number of imidazole rings is 1. The minimum absolute atomic E-state index is 0.157. The van der Waals surface area contributed by atoms with Gasteiger partial charge in [-0.15, -0.1) is 0 Å². The van der Waals surface area contributed by atoms with Crippen LogP contribution in [0.2, 0.25) is 10.0 Å². The van der Waals surface area contributed by atoms with Crippen LogP contribution in [0.3, 0.4) is 0 Å². The number of nitrogens with zero attached hydrogens (tertiary/aromatic N) is 2. The van der Waals surface area contributed by atoms with Crippen LogP contribution in [-0.2, 0) is 11.3 Å². The van der Waals surface area contributed by atoms with Gasteiger partial charge in [0.1, 0.15) is 0 Å². The van der Waals surface area contributed by atoms with Crippen LogP contribution < -0.4 is 5.32 Å². The second kappa shape index (κ2) is 8.79. The van der Waals surface area contributed by atoms with E-state index in [2.05, 4.69) is 28.7 Å². The molecule has 0 atom stereocenters. The monoisotopic (exact) mass is 385 g/mol. The number of unbranched alkanes of at least 4 members (excludes halogenated alkanes) is 1. The van der Waals surface area contributed by atoms with Crippen molar-refractivity contribution in [3.05, 3.63) is 39.6 Å². The molecule has 0 saturated heterocycles. The van der Waals surface area contributed by atoms with Gasteiger partial charge in [0.05, 0.1) is 27.2 Å². The van der Waals surface area contributed by atoms with E-state index in [9.17, 15) is 4.79 Å². The smallest absolute Gasteiger partial charge is 0.234 e. The summed E-state index contributed by atoms with van der Waals surface area (Å²) in [7, 11) is 0. The number of carbonyl (C=O) groups is 1. The second-order valence-corrected chi connectivity index (χ2v) is 7.26. The molecule has 130 valence electrons. The van der Waals surface area contributed by atoms with E-state index in [4.69, 9.17) is 23.2 Å². The van der Waals surface area contributed by atoms with Crippen molar-refractivity contribution in [3.63, 3.8) is 0 Å². The lowest BCUT2D eigenvalue weighted by molar-refractivity contribution is -0.113. The van der Waals surface area contributed by atoms with E-state index >= 15 is 0 Å². The highest BCUT2D eigenvalue weighted by molar-refractivity contribution is 7.99. The number of hydrogen-bond acceptors (Lipinski definition) is 3. The summed E-state index contributed by atoms with van der Waals surface area (Å²) < 4.78 is 2.18. The zero-order chi connectivity index (χ0) is 17.7. The fraction of sp³-hybridized carbons (Fsp3) is 0.412. The van der Waals surface area contributed by atoms with Gasteiger partial charge in [-0.25, -0.2) is 4.98 Å². The number of hydrogen-bond donors (Lipinski definition) is 1. The first-order valence-electron chi connectivity index (χ1n) is 7.84. The van der Waals surface area contributed by atoms with Crippen molar-refractivity contribution in [2.75, 3.05) is 11.1 Å². The maximum atomic E-state index is 12.2. The zero-order valence-electron chi connectivity index (χ0n) is 14.0. The molecule has 1 heterocycles. The summed E-state index contributed by atoms with van der Waals surface area (Å²) in [6.45, 7) is 7.13. The molecule has 0 saturated carbocycles. The predicted octanol–water partition coefficient (Wildman–Crippen LogP) is 5.34. The number of thioether (sulfide) groups is 1. The Balaban J connectivity index is 2.03. The molecule has 1 amide bonds. The van der Waals surface area contributed by atoms with E-state index in [1.165, 1.54) is 11.8 Å². The highest BCUT2D eigenvalue weighted by atomic mass is 35.5. The van der Waals surface area contributed by atoms with Gasteiger partial charge in [0.2, 0.25) is 5.91 Å².